The van der Waals surface area contributed by atoms with E-state index in [1.807, 2.05) is 32.0 Å². The van der Waals surface area contributed by atoms with Gasteiger partial charge in [-0.2, -0.15) is 5.26 Å². The number of benzene rings is 1. The van der Waals surface area contributed by atoms with Crippen LogP contribution in [-0.2, 0) is 0 Å². The Morgan fingerprint density at radius 3 is 2.55 bits per heavy atom. The minimum atomic E-state index is -2.54. The van der Waals surface area contributed by atoms with Crippen LogP contribution in [-0.4, -0.2) is 16.8 Å². The van der Waals surface area contributed by atoms with Gasteiger partial charge in [-0.1, -0.05) is 0 Å². The Morgan fingerprint density at radius 2 is 2.00 bits per heavy atom. The predicted molar refractivity (Wildman–Crippen MR) is 87.5 cm³/mol. The molecule has 0 bridgehead atoms. The maximum Gasteiger partial charge on any atom is 0.248 e. The molecule has 120 valence electrons. The fourth-order valence-electron chi connectivity index (χ4n) is 2.27. The largest absolute Gasteiger partial charge is 0.489 e. The van der Waals surface area contributed by atoms with Gasteiger partial charge in [0.15, 0.2) is 0 Å². The van der Waals surface area contributed by atoms with Gasteiger partial charge in [0.05, 0.1) is 16.6 Å². The van der Waals surface area contributed by atoms with Crippen molar-refractivity contribution in [2.75, 3.05) is 0 Å². The lowest BCUT2D eigenvalue weighted by Gasteiger charge is -2.29. The summed E-state index contributed by atoms with van der Waals surface area (Å²) < 4.78 is 32.4. The van der Waals surface area contributed by atoms with E-state index in [-0.39, 0.29) is 18.9 Å². The first kappa shape index (κ1) is 17.6. The van der Waals surface area contributed by atoms with Crippen LogP contribution in [0.15, 0.2) is 27.6 Å². The summed E-state index contributed by atoms with van der Waals surface area (Å²) in [6, 6.07) is 7.86. The number of ether oxygens (including phenoxy) is 1. The number of halogens is 3. The fourth-order valence-corrected chi connectivity index (χ4v) is 3.84. The Bertz CT molecular complexity index is 576. The van der Waals surface area contributed by atoms with Crippen LogP contribution in [0.25, 0.3) is 0 Å². The van der Waals surface area contributed by atoms with Crippen LogP contribution >= 0.6 is 27.7 Å². The highest BCUT2D eigenvalue weighted by Gasteiger charge is 2.35. The number of thioether (sulfide) groups is 1. The zero-order valence-electron chi connectivity index (χ0n) is 12.5. The van der Waals surface area contributed by atoms with Gasteiger partial charge in [-0.05, 0) is 60.8 Å². The Balaban J connectivity index is 2.00. The molecule has 1 aromatic rings. The van der Waals surface area contributed by atoms with E-state index in [1.165, 1.54) is 11.8 Å². The van der Waals surface area contributed by atoms with E-state index < -0.39 is 10.7 Å². The minimum absolute atomic E-state index is 0.112. The lowest BCUT2D eigenvalue weighted by atomic mass is 9.94. The van der Waals surface area contributed by atoms with Crippen molar-refractivity contribution in [1.82, 2.24) is 0 Å². The van der Waals surface area contributed by atoms with Gasteiger partial charge in [-0.25, -0.2) is 8.78 Å². The predicted octanol–water partition coefficient (Wildman–Crippen LogP) is 5.80. The van der Waals surface area contributed by atoms with E-state index in [1.54, 1.807) is 0 Å². The topological polar surface area (TPSA) is 33.0 Å². The van der Waals surface area contributed by atoms with Crippen molar-refractivity contribution in [3.63, 3.8) is 0 Å². The van der Waals surface area contributed by atoms with Gasteiger partial charge in [0.2, 0.25) is 5.92 Å². The first-order chi connectivity index (χ1) is 10.2. The summed E-state index contributed by atoms with van der Waals surface area (Å²) in [6.45, 7) is 3.72. The van der Waals surface area contributed by atoms with Crippen LogP contribution in [0.2, 0.25) is 0 Å². The van der Waals surface area contributed by atoms with Crippen molar-refractivity contribution in [2.24, 2.45) is 0 Å². The molecule has 2 nitrogen and oxygen atoms in total. The third-order valence-corrected chi connectivity index (χ3v) is 5.21. The van der Waals surface area contributed by atoms with Gasteiger partial charge < -0.3 is 4.74 Å². The molecule has 0 aromatic heterocycles. The summed E-state index contributed by atoms with van der Waals surface area (Å²) in [4.78, 5) is 0.959. The average molecular weight is 390 g/mol. The van der Waals surface area contributed by atoms with E-state index in [9.17, 15) is 8.78 Å². The Kier molecular flexibility index (Phi) is 5.39. The number of hydrogen-bond donors (Lipinski definition) is 0. The van der Waals surface area contributed by atoms with E-state index in [4.69, 9.17) is 10.00 Å². The molecule has 0 spiro atoms. The second-order valence-corrected chi connectivity index (χ2v) is 8.54. The van der Waals surface area contributed by atoms with Crippen molar-refractivity contribution in [2.45, 2.75) is 61.2 Å². The molecule has 0 saturated heterocycles. The molecule has 0 atom stereocenters. The van der Waals surface area contributed by atoms with E-state index in [2.05, 4.69) is 22.0 Å². The maximum atomic E-state index is 13.1. The Morgan fingerprint density at radius 1 is 1.36 bits per heavy atom. The number of nitrogens with zero attached hydrogens (tertiary/aromatic N) is 1. The van der Waals surface area contributed by atoms with Gasteiger partial charge in [-0.15, -0.1) is 11.8 Å². The molecule has 1 saturated carbocycles. The van der Waals surface area contributed by atoms with Crippen LogP contribution in [0, 0.1) is 11.3 Å². The normalized spacial score (nSPS) is 18.7. The molecule has 1 aliphatic rings. The molecular weight excluding hydrogens is 372 g/mol. The molecule has 0 N–H and O–H groups in total. The van der Waals surface area contributed by atoms with Gasteiger partial charge in [0, 0.05) is 17.7 Å². The highest BCUT2D eigenvalue weighted by atomic mass is 79.9. The van der Waals surface area contributed by atoms with Crippen LogP contribution in [0.5, 0.6) is 5.75 Å². The third-order valence-electron chi connectivity index (χ3n) is 3.50. The highest BCUT2D eigenvalue weighted by Crippen LogP contribution is 2.39. The second-order valence-electron chi connectivity index (χ2n) is 5.99. The van der Waals surface area contributed by atoms with E-state index in [0.717, 1.165) is 9.37 Å². The molecule has 1 fully saturated rings. The molecule has 0 radical (unpaired) electrons. The van der Waals surface area contributed by atoms with Crippen molar-refractivity contribution in [1.29, 1.82) is 5.26 Å². The van der Waals surface area contributed by atoms with Crippen LogP contribution in [0.1, 0.15) is 39.5 Å². The Labute approximate surface area is 142 Å². The number of nitriles is 1. The summed E-state index contributed by atoms with van der Waals surface area (Å²) in [6.07, 6.45) is 0.360. The molecule has 6 heteroatoms. The molecule has 0 aliphatic heterocycles. The molecule has 22 heavy (non-hydrogen) atoms. The molecule has 1 aromatic carbocycles. The lowest BCUT2D eigenvalue weighted by Crippen LogP contribution is -2.30. The summed E-state index contributed by atoms with van der Waals surface area (Å²) in [5.74, 6) is -1.88. The quantitative estimate of drug-likeness (QED) is 0.609. The molecule has 1 aliphatic carbocycles. The van der Waals surface area contributed by atoms with Crippen molar-refractivity contribution >= 4 is 27.7 Å². The summed E-state index contributed by atoms with van der Waals surface area (Å²) in [5.41, 5.74) is 0. The molecule has 2 rings (SSSR count). The molecule has 0 amide bonds. The minimum Gasteiger partial charge on any atom is -0.489 e. The highest BCUT2D eigenvalue weighted by molar-refractivity contribution is 9.10. The van der Waals surface area contributed by atoms with Gasteiger partial charge in [0.1, 0.15) is 10.5 Å². The smallest absolute Gasteiger partial charge is 0.248 e. The van der Waals surface area contributed by atoms with Gasteiger partial charge in [0.25, 0.3) is 0 Å². The SMILES string of the molecule is CC(C)(C#N)Sc1ccc(OC2CCC(F)(F)CC2)c(Br)c1. The standard InChI is InChI=1S/C16H18BrF2NOS/c1-15(2,10-20)22-12-3-4-14(13(17)9-12)21-11-5-7-16(18,19)8-6-11/h3-4,9,11H,5-8H2,1-2H3. The average Bonchev–Trinajstić information content (AvgIpc) is 2.43. The molecular formula is C16H18BrF2NOS. The fraction of sp³-hybridized carbons (Fsp3) is 0.562. The summed E-state index contributed by atoms with van der Waals surface area (Å²) >= 11 is 4.93. The monoisotopic (exact) mass is 389 g/mol. The zero-order chi connectivity index (χ0) is 16.4. The van der Waals surface area contributed by atoms with Crippen LogP contribution < -0.4 is 4.74 Å². The second kappa shape index (κ2) is 6.76. The van der Waals surface area contributed by atoms with Crippen LogP contribution in [0.4, 0.5) is 8.78 Å². The Hall–Kier alpha value is -0.800. The number of hydrogen-bond acceptors (Lipinski definition) is 3. The van der Waals surface area contributed by atoms with E-state index in [0.29, 0.717) is 18.6 Å². The maximum absolute atomic E-state index is 13.1. The van der Waals surface area contributed by atoms with Gasteiger partial charge in [-0.3, -0.25) is 0 Å². The zero-order valence-corrected chi connectivity index (χ0v) is 14.9. The van der Waals surface area contributed by atoms with Gasteiger partial charge >= 0.3 is 0 Å². The molecule has 0 unspecified atom stereocenters. The summed E-state index contributed by atoms with van der Waals surface area (Å²) in [5, 5.41) is 9.07. The summed E-state index contributed by atoms with van der Waals surface area (Å²) in [7, 11) is 0. The lowest BCUT2D eigenvalue weighted by molar-refractivity contribution is -0.0583. The van der Waals surface area contributed by atoms with Crippen molar-refractivity contribution in [3.8, 4) is 11.8 Å². The molecule has 0 heterocycles. The first-order valence-corrected chi connectivity index (χ1v) is 8.76. The van der Waals surface area contributed by atoms with Crippen molar-refractivity contribution in [3.05, 3.63) is 22.7 Å². The van der Waals surface area contributed by atoms with E-state index >= 15 is 0 Å². The van der Waals surface area contributed by atoms with Crippen LogP contribution in [0.3, 0.4) is 0 Å². The number of rotatable bonds is 4. The third kappa shape index (κ3) is 4.85. The van der Waals surface area contributed by atoms with Crippen molar-refractivity contribution < 1.29 is 13.5 Å². The first-order valence-electron chi connectivity index (χ1n) is 7.15. The number of alkyl halides is 2.